The average Bonchev–Trinajstić information content (AvgIpc) is 2.77. The molecule has 0 radical (unpaired) electrons. The van der Waals surface area contributed by atoms with Crippen molar-refractivity contribution in [2.75, 3.05) is 39.9 Å². The molecule has 1 amide bonds. The first-order valence-electron chi connectivity index (χ1n) is 9.20. The van der Waals surface area contributed by atoms with Crippen molar-refractivity contribution in [2.24, 2.45) is 0 Å². The highest BCUT2D eigenvalue weighted by Gasteiger charge is 2.30. The maximum absolute atomic E-state index is 12.6. The van der Waals surface area contributed by atoms with Crippen LogP contribution >= 0.6 is 0 Å². The quantitative estimate of drug-likeness (QED) is 0.677. The highest BCUT2D eigenvalue weighted by Crippen LogP contribution is 2.24. The lowest BCUT2D eigenvalue weighted by molar-refractivity contribution is -0.135. The van der Waals surface area contributed by atoms with Crippen molar-refractivity contribution >= 4 is 21.9 Å². The highest BCUT2D eigenvalue weighted by atomic mass is 32.2. The molecule has 0 bridgehead atoms. The molecule has 1 aliphatic rings. The zero-order valence-corrected chi connectivity index (χ0v) is 17.2. The largest absolute Gasteiger partial charge is 0.507 e. The van der Waals surface area contributed by atoms with Gasteiger partial charge in [-0.15, -0.1) is 0 Å². The maximum Gasteiger partial charge on any atom is 0.342 e. The Hall–Kier alpha value is -3.11. The number of carbonyl (C=O) groups is 2. The van der Waals surface area contributed by atoms with E-state index in [-0.39, 0.29) is 42.4 Å². The number of ether oxygens (including phenoxy) is 2. The molecule has 0 atom stereocenters. The van der Waals surface area contributed by atoms with Crippen molar-refractivity contribution < 1.29 is 32.6 Å². The van der Waals surface area contributed by atoms with Gasteiger partial charge in [-0.05, 0) is 24.3 Å². The van der Waals surface area contributed by atoms with Crippen LogP contribution in [-0.4, -0.2) is 74.5 Å². The molecule has 2 aromatic carbocycles. The molecule has 0 spiro atoms. The maximum atomic E-state index is 12.6. The van der Waals surface area contributed by atoms with E-state index in [1.54, 1.807) is 18.2 Å². The molecule has 1 saturated heterocycles. The smallest absolute Gasteiger partial charge is 0.342 e. The van der Waals surface area contributed by atoms with E-state index in [1.165, 1.54) is 46.6 Å². The van der Waals surface area contributed by atoms with Crippen molar-refractivity contribution in [2.45, 2.75) is 4.90 Å². The third kappa shape index (κ3) is 4.71. The van der Waals surface area contributed by atoms with Crippen LogP contribution in [0.15, 0.2) is 53.4 Å². The Kier molecular flexibility index (Phi) is 6.58. The molecule has 1 N–H and O–H groups in total. The lowest BCUT2D eigenvalue weighted by Gasteiger charge is -2.33. The first-order valence-corrected chi connectivity index (χ1v) is 10.6. The number of phenolic OH excluding ortho intramolecular Hbond substituents is 1. The van der Waals surface area contributed by atoms with Crippen LogP contribution in [0.25, 0.3) is 0 Å². The van der Waals surface area contributed by atoms with Gasteiger partial charge in [0.15, 0.2) is 6.61 Å². The molecule has 1 fully saturated rings. The summed E-state index contributed by atoms with van der Waals surface area (Å²) >= 11 is 0. The van der Waals surface area contributed by atoms with E-state index in [2.05, 4.69) is 0 Å². The van der Waals surface area contributed by atoms with Crippen LogP contribution in [0, 0.1) is 0 Å². The number of phenols is 1. The first kappa shape index (κ1) is 21.6. The predicted molar refractivity (Wildman–Crippen MR) is 107 cm³/mol. The van der Waals surface area contributed by atoms with Gasteiger partial charge < -0.3 is 19.5 Å². The van der Waals surface area contributed by atoms with Gasteiger partial charge in [-0.25, -0.2) is 13.2 Å². The van der Waals surface area contributed by atoms with Gasteiger partial charge in [0.25, 0.3) is 5.91 Å². The second kappa shape index (κ2) is 9.14. The monoisotopic (exact) mass is 434 g/mol. The summed E-state index contributed by atoms with van der Waals surface area (Å²) in [4.78, 5) is 26.1. The Balaban J connectivity index is 1.53. The van der Waals surface area contributed by atoms with Gasteiger partial charge in [0.05, 0.1) is 12.0 Å². The molecular weight excluding hydrogens is 412 g/mol. The van der Waals surface area contributed by atoms with Crippen molar-refractivity contribution in [1.29, 1.82) is 0 Å². The Bertz CT molecular complexity index is 1020. The van der Waals surface area contributed by atoms with Crippen molar-refractivity contribution in [3.63, 3.8) is 0 Å². The van der Waals surface area contributed by atoms with Crippen molar-refractivity contribution in [1.82, 2.24) is 9.21 Å². The van der Waals surface area contributed by atoms with Crippen LogP contribution in [0.3, 0.4) is 0 Å². The van der Waals surface area contributed by atoms with Gasteiger partial charge in [-0.3, -0.25) is 4.79 Å². The first-order chi connectivity index (χ1) is 14.3. The number of methoxy groups -OCH3 is 1. The molecule has 9 nitrogen and oxygen atoms in total. The summed E-state index contributed by atoms with van der Waals surface area (Å²) in [6.45, 7) is 0.175. The van der Waals surface area contributed by atoms with Gasteiger partial charge >= 0.3 is 5.97 Å². The number of esters is 1. The second-order valence-corrected chi connectivity index (χ2v) is 8.50. The number of rotatable bonds is 6. The van der Waals surface area contributed by atoms with Crippen molar-refractivity contribution in [3.8, 4) is 11.5 Å². The standard InChI is InChI=1S/C20H22N2O7S/c1-28-15-7-8-17(18(23)13-15)20(25)29-14-19(24)21-9-11-22(12-10-21)30(26,27)16-5-3-2-4-6-16/h2-8,13,23H,9-12,14H2,1H3. The minimum Gasteiger partial charge on any atom is -0.507 e. The van der Waals surface area contributed by atoms with E-state index >= 15 is 0 Å². The fraction of sp³-hybridized carbons (Fsp3) is 0.300. The SMILES string of the molecule is COc1ccc(C(=O)OCC(=O)N2CCN(S(=O)(=O)c3ccccc3)CC2)c(O)c1. The molecule has 2 aromatic rings. The summed E-state index contributed by atoms with van der Waals surface area (Å²) in [5.74, 6) is -1.21. The van der Waals surface area contributed by atoms with Gasteiger partial charge in [0, 0.05) is 32.2 Å². The summed E-state index contributed by atoms with van der Waals surface area (Å²) in [5.41, 5.74) is -0.0811. The van der Waals surface area contributed by atoms with Gasteiger partial charge in [0.2, 0.25) is 10.0 Å². The molecule has 1 heterocycles. The second-order valence-electron chi connectivity index (χ2n) is 6.56. The van der Waals surface area contributed by atoms with Crippen LogP contribution in [-0.2, 0) is 19.6 Å². The number of amides is 1. The van der Waals surface area contributed by atoms with Gasteiger partial charge in [-0.2, -0.15) is 4.31 Å². The van der Waals surface area contributed by atoms with Gasteiger partial charge in [0.1, 0.15) is 17.1 Å². The number of benzene rings is 2. The van der Waals surface area contributed by atoms with Crippen LogP contribution < -0.4 is 4.74 Å². The molecule has 3 rings (SSSR count). The van der Waals surface area contributed by atoms with E-state index in [9.17, 15) is 23.1 Å². The van der Waals surface area contributed by atoms with Crippen molar-refractivity contribution in [3.05, 3.63) is 54.1 Å². The van der Waals surface area contributed by atoms with Crippen LogP contribution in [0.5, 0.6) is 11.5 Å². The van der Waals surface area contributed by atoms with Crippen LogP contribution in [0.4, 0.5) is 0 Å². The highest BCUT2D eigenvalue weighted by molar-refractivity contribution is 7.89. The summed E-state index contributed by atoms with van der Waals surface area (Å²) in [6.07, 6.45) is 0. The zero-order chi connectivity index (χ0) is 21.7. The predicted octanol–water partition coefficient (Wildman–Crippen LogP) is 1.09. The summed E-state index contributed by atoms with van der Waals surface area (Å²) < 4.78 is 36.5. The summed E-state index contributed by atoms with van der Waals surface area (Å²) in [5, 5.41) is 9.87. The molecule has 1 aliphatic heterocycles. The zero-order valence-electron chi connectivity index (χ0n) is 16.4. The molecule has 0 aromatic heterocycles. The number of sulfonamides is 1. The topological polar surface area (TPSA) is 113 Å². The van der Waals surface area contributed by atoms with E-state index in [1.807, 2.05) is 0 Å². The third-order valence-corrected chi connectivity index (χ3v) is 6.64. The third-order valence-electron chi connectivity index (χ3n) is 4.72. The minimum atomic E-state index is -3.61. The molecule has 160 valence electrons. The molecule has 0 saturated carbocycles. The van der Waals surface area contributed by atoms with E-state index in [4.69, 9.17) is 9.47 Å². The van der Waals surface area contributed by atoms with E-state index in [0.29, 0.717) is 5.75 Å². The Labute approximate surface area is 174 Å². The molecule has 10 heteroatoms. The summed E-state index contributed by atoms with van der Waals surface area (Å²) in [6, 6.07) is 12.2. The molecule has 30 heavy (non-hydrogen) atoms. The number of hydrogen-bond acceptors (Lipinski definition) is 7. The average molecular weight is 434 g/mol. The summed E-state index contributed by atoms with van der Waals surface area (Å²) in [7, 11) is -2.18. The lowest BCUT2D eigenvalue weighted by atomic mass is 10.2. The van der Waals surface area contributed by atoms with Crippen LogP contribution in [0.2, 0.25) is 0 Å². The Morgan fingerprint density at radius 2 is 1.70 bits per heavy atom. The minimum absolute atomic E-state index is 0.0811. The van der Waals surface area contributed by atoms with E-state index < -0.39 is 28.5 Å². The number of carbonyl (C=O) groups excluding carboxylic acids is 2. The molecule has 0 unspecified atom stereocenters. The van der Waals surface area contributed by atoms with E-state index in [0.717, 1.165) is 0 Å². The normalized spacial score (nSPS) is 14.9. The molecule has 0 aliphatic carbocycles. The number of nitrogens with zero attached hydrogens (tertiary/aromatic N) is 2. The Morgan fingerprint density at radius 3 is 2.30 bits per heavy atom. The molecular formula is C20H22N2O7S. The number of hydrogen-bond donors (Lipinski definition) is 1. The fourth-order valence-electron chi connectivity index (χ4n) is 3.03. The number of piperazine rings is 1. The van der Waals surface area contributed by atoms with Crippen LogP contribution in [0.1, 0.15) is 10.4 Å². The van der Waals surface area contributed by atoms with Gasteiger partial charge in [-0.1, -0.05) is 18.2 Å². The number of aromatic hydroxyl groups is 1. The lowest BCUT2D eigenvalue weighted by Crippen LogP contribution is -2.51. The Morgan fingerprint density at radius 1 is 1.03 bits per heavy atom. The fourth-order valence-corrected chi connectivity index (χ4v) is 4.47.